The van der Waals surface area contributed by atoms with E-state index in [2.05, 4.69) is 80.3 Å². The van der Waals surface area contributed by atoms with E-state index in [0.29, 0.717) is 18.0 Å². The second-order valence-corrected chi connectivity index (χ2v) is 10.6. The average molecular weight is 543 g/mol. The van der Waals surface area contributed by atoms with E-state index in [9.17, 15) is 13.2 Å². The summed E-state index contributed by atoms with van der Waals surface area (Å²) in [5.74, 6) is 0.336. The monoisotopic (exact) mass is 542 g/mol. The van der Waals surface area contributed by atoms with Gasteiger partial charge in [-0.1, -0.05) is 76.6 Å². The zero-order valence-electron chi connectivity index (χ0n) is 19.6. The Kier molecular flexibility index (Phi) is 7.33. The van der Waals surface area contributed by atoms with Crippen molar-refractivity contribution >= 4 is 15.9 Å². The molecule has 0 aliphatic carbocycles. The van der Waals surface area contributed by atoms with Gasteiger partial charge >= 0.3 is 6.18 Å². The molecule has 3 aromatic carbocycles. The molecule has 2 heterocycles. The minimum absolute atomic E-state index is 0.336. The minimum Gasteiger partial charge on any atom is -0.302 e. The van der Waals surface area contributed by atoms with Crippen LogP contribution < -0.4 is 0 Å². The van der Waals surface area contributed by atoms with Gasteiger partial charge < -0.3 is 4.90 Å². The van der Waals surface area contributed by atoms with Crippen molar-refractivity contribution in [2.75, 3.05) is 19.6 Å². The number of likely N-dealkylation sites (tertiary alicyclic amines) is 2. The highest BCUT2D eigenvalue weighted by Gasteiger charge is 2.40. The number of piperidine rings is 1. The van der Waals surface area contributed by atoms with Gasteiger partial charge in [-0.05, 0) is 73.2 Å². The molecule has 6 heteroatoms. The molecule has 2 aliphatic rings. The SMILES string of the molecule is FC(F)(F)c1ccc(C2CCN(CC3CC(c4ccccc4)N3Cc3ccccc3Br)CC2)cc1. The summed E-state index contributed by atoms with van der Waals surface area (Å²) in [6.45, 7) is 3.92. The zero-order chi connectivity index (χ0) is 24.4. The van der Waals surface area contributed by atoms with E-state index in [1.807, 2.05) is 0 Å². The Morgan fingerprint density at radius 1 is 0.800 bits per heavy atom. The van der Waals surface area contributed by atoms with E-state index in [-0.39, 0.29) is 0 Å². The molecule has 0 bridgehead atoms. The Balaban J connectivity index is 1.21. The molecular weight excluding hydrogens is 513 g/mol. The van der Waals surface area contributed by atoms with Crippen LogP contribution in [0.2, 0.25) is 0 Å². The van der Waals surface area contributed by atoms with Gasteiger partial charge in [0, 0.05) is 29.6 Å². The van der Waals surface area contributed by atoms with Gasteiger partial charge in [0.05, 0.1) is 5.56 Å². The third kappa shape index (κ3) is 5.65. The van der Waals surface area contributed by atoms with Crippen LogP contribution in [0.3, 0.4) is 0 Å². The van der Waals surface area contributed by atoms with E-state index >= 15 is 0 Å². The van der Waals surface area contributed by atoms with Crippen LogP contribution in [0.25, 0.3) is 0 Å². The van der Waals surface area contributed by atoms with Crippen LogP contribution in [0.5, 0.6) is 0 Å². The first-order valence-electron chi connectivity index (χ1n) is 12.3. The molecule has 0 aromatic heterocycles. The van der Waals surface area contributed by atoms with Gasteiger partial charge in [0.15, 0.2) is 0 Å². The van der Waals surface area contributed by atoms with Gasteiger partial charge in [0.25, 0.3) is 0 Å². The van der Waals surface area contributed by atoms with Crippen LogP contribution in [0, 0.1) is 0 Å². The van der Waals surface area contributed by atoms with Crippen LogP contribution in [-0.4, -0.2) is 35.5 Å². The summed E-state index contributed by atoms with van der Waals surface area (Å²) in [6, 6.07) is 25.9. The minimum atomic E-state index is -4.27. The van der Waals surface area contributed by atoms with E-state index in [1.54, 1.807) is 12.1 Å². The van der Waals surface area contributed by atoms with Gasteiger partial charge in [-0.2, -0.15) is 13.2 Å². The molecular formula is C29H30BrF3N2. The van der Waals surface area contributed by atoms with Crippen LogP contribution >= 0.6 is 15.9 Å². The molecule has 2 aliphatic heterocycles. The van der Waals surface area contributed by atoms with Crippen LogP contribution in [0.15, 0.2) is 83.3 Å². The maximum atomic E-state index is 12.9. The Labute approximate surface area is 213 Å². The first-order chi connectivity index (χ1) is 16.9. The van der Waals surface area contributed by atoms with Crippen molar-refractivity contribution in [3.05, 3.63) is 106 Å². The number of benzene rings is 3. The number of nitrogens with zero attached hydrogens (tertiary/aromatic N) is 2. The zero-order valence-corrected chi connectivity index (χ0v) is 21.2. The predicted octanol–water partition coefficient (Wildman–Crippen LogP) is 7.66. The molecule has 3 aromatic rings. The first-order valence-corrected chi connectivity index (χ1v) is 13.1. The van der Waals surface area contributed by atoms with Gasteiger partial charge in [-0.3, -0.25) is 4.90 Å². The third-order valence-electron chi connectivity index (χ3n) is 7.63. The lowest BCUT2D eigenvalue weighted by Crippen LogP contribution is -2.55. The van der Waals surface area contributed by atoms with E-state index in [4.69, 9.17) is 0 Å². The lowest BCUT2D eigenvalue weighted by Gasteiger charge is -2.51. The summed E-state index contributed by atoms with van der Waals surface area (Å²) in [7, 11) is 0. The number of rotatable bonds is 6. The van der Waals surface area contributed by atoms with Crippen LogP contribution in [0.1, 0.15) is 53.5 Å². The van der Waals surface area contributed by atoms with Crippen molar-refractivity contribution in [2.24, 2.45) is 0 Å². The first kappa shape index (κ1) is 24.5. The summed E-state index contributed by atoms with van der Waals surface area (Å²) in [5.41, 5.74) is 3.14. The summed E-state index contributed by atoms with van der Waals surface area (Å²) in [6.07, 6.45) is -1.15. The fourth-order valence-corrected chi connectivity index (χ4v) is 5.99. The molecule has 184 valence electrons. The van der Waals surface area contributed by atoms with Crippen molar-refractivity contribution in [1.29, 1.82) is 0 Å². The predicted molar refractivity (Wildman–Crippen MR) is 137 cm³/mol. The molecule has 2 fully saturated rings. The highest BCUT2D eigenvalue weighted by molar-refractivity contribution is 9.10. The van der Waals surface area contributed by atoms with Crippen molar-refractivity contribution in [2.45, 2.75) is 50.0 Å². The van der Waals surface area contributed by atoms with Crippen molar-refractivity contribution in [3.8, 4) is 0 Å². The standard InChI is InChI=1S/C29H30BrF3N2/c30-27-9-5-4-8-24(27)19-35-26(18-28(35)23-6-2-1-3-7-23)20-34-16-14-22(15-17-34)21-10-12-25(13-11-21)29(31,32)33/h1-13,22,26,28H,14-20H2. The number of halogens is 4. The molecule has 0 spiro atoms. The second-order valence-electron chi connectivity index (χ2n) is 9.77. The van der Waals surface area contributed by atoms with Crippen LogP contribution in [0.4, 0.5) is 13.2 Å². The van der Waals surface area contributed by atoms with Crippen molar-refractivity contribution < 1.29 is 13.2 Å². The number of alkyl halides is 3. The van der Waals surface area contributed by atoms with Gasteiger partial charge in [-0.25, -0.2) is 0 Å². The van der Waals surface area contributed by atoms with Crippen molar-refractivity contribution in [1.82, 2.24) is 9.80 Å². The Morgan fingerprint density at radius 2 is 1.46 bits per heavy atom. The molecule has 0 N–H and O–H groups in total. The Bertz CT molecular complexity index is 1110. The highest BCUT2D eigenvalue weighted by Crippen LogP contribution is 2.41. The molecule has 2 saturated heterocycles. The second kappa shape index (κ2) is 10.5. The summed E-state index contributed by atoms with van der Waals surface area (Å²) >= 11 is 3.72. The molecule has 0 amide bonds. The summed E-state index contributed by atoms with van der Waals surface area (Å²) < 4.78 is 39.8. The highest BCUT2D eigenvalue weighted by atomic mass is 79.9. The molecule has 2 nitrogen and oxygen atoms in total. The maximum absolute atomic E-state index is 12.9. The molecule has 2 unspecified atom stereocenters. The Hall–Kier alpha value is -2.15. The fraction of sp³-hybridized carbons (Fsp3) is 0.379. The number of hydrogen-bond donors (Lipinski definition) is 0. The molecule has 5 rings (SSSR count). The number of hydrogen-bond acceptors (Lipinski definition) is 2. The molecule has 2 atom stereocenters. The fourth-order valence-electron chi connectivity index (χ4n) is 5.58. The normalized spacial score (nSPS) is 22.2. The van der Waals surface area contributed by atoms with Crippen molar-refractivity contribution in [3.63, 3.8) is 0 Å². The molecule has 0 saturated carbocycles. The van der Waals surface area contributed by atoms with Gasteiger partial charge in [-0.15, -0.1) is 0 Å². The quantitative estimate of drug-likeness (QED) is 0.315. The summed E-state index contributed by atoms with van der Waals surface area (Å²) in [4.78, 5) is 5.16. The topological polar surface area (TPSA) is 6.48 Å². The lowest BCUT2D eigenvalue weighted by atomic mass is 9.85. The summed E-state index contributed by atoms with van der Waals surface area (Å²) in [5, 5.41) is 0. The van der Waals surface area contributed by atoms with Gasteiger partial charge in [0.1, 0.15) is 0 Å². The van der Waals surface area contributed by atoms with Crippen LogP contribution in [-0.2, 0) is 12.7 Å². The molecule has 35 heavy (non-hydrogen) atoms. The smallest absolute Gasteiger partial charge is 0.302 e. The maximum Gasteiger partial charge on any atom is 0.416 e. The van der Waals surface area contributed by atoms with Gasteiger partial charge in [0.2, 0.25) is 0 Å². The Morgan fingerprint density at radius 3 is 2.11 bits per heavy atom. The van der Waals surface area contributed by atoms with E-state index < -0.39 is 11.7 Å². The average Bonchev–Trinajstić information content (AvgIpc) is 2.86. The third-order valence-corrected chi connectivity index (χ3v) is 8.40. The largest absolute Gasteiger partial charge is 0.416 e. The van der Waals surface area contributed by atoms with E-state index in [0.717, 1.165) is 55.5 Å². The van der Waals surface area contributed by atoms with E-state index in [1.165, 1.54) is 23.3 Å². The molecule has 0 radical (unpaired) electrons. The lowest BCUT2D eigenvalue weighted by molar-refractivity contribution is -0.137.